The Bertz CT molecular complexity index is 482. The number of hydrogen-bond donors (Lipinski definition) is 2. The molecule has 0 fully saturated rings. The van der Waals surface area contributed by atoms with Crippen molar-refractivity contribution in [3.63, 3.8) is 0 Å². The van der Waals surface area contributed by atoms with Gasteiger partial charge in [-0.25, -0.2) is 4.98 Å². The van der Waals surface area contributed by atoms with Crippen molar-refractivity contribution in [1.82, 2.24) is 10.3 Å². The number of rotatable bonds is 6. The SMILES string of the molecule is CCNc1ncc(Br)cc1C(=O)NCC(C)S(C)=O. The second-order valence-electron chi connectivity index (χ2n) is 4.10. The maximum Gasteiger partial charge on any atom is 0.255 e. The van der Waals surface area contributed by atoms with Gasteiger partial charge in [0.2, 0.25) is 0 Å². The van der Waals surface area contributed by atoms with E-state index in [0.29, 0.717) is 24.5 Å². The molecule has 0 spiro atoms. The molecule has 19 heavy (non-hydrogen) atoms. The van der Waals surface area contributed by atoms with Crippen LogP contribution in [0.4, 0.5) is 5.82 Å². The standard InChI is InChI=1S/C12H18BrN3O2S/c1-4-14-11-10(5-9(13)7-15-11)12(17)16-6-8(2)19(3)18/h5,7-8H,4,6H2,1-3H3,(H,14,15)(H,16,17). The van der Waals surface area contributed by atoms with Gasteiger partial charge in [0.15, 0.2) is 0 Å². The predicted octanol–water partition coefficient (Wildman–Crippen LogP) is 1.77. The normalized spacial score (nSPS) is 13.7. The summed E-state index contributed by atoms with van der Waals surface area (Å²) in [5.41, 5.74) is 0.477. The fourth-order valence-corrected chi connectivity index (χ4v) is 2.02. The third-order valence-corrected chi connectivity index (χ3v) is 4.29. The Kier molecular flexibility index (Phi) is 6.44. The van der Waals surface area contributed by atoms with Crippen LogP contribution in [0, 0.1) is 0 Å². The smallest absolute Gasteiger partial charge is 0.255 e. The molecule has 0 aromatic carbocycles. The number of carbonyl (C=O) groups is 1. The monoisotopic (exact) mass is 347 g/mol. The van der Waals surface area contributed by atoms with Crippen LogP contribution in [0.15, 0.2) is 16.7 Å². The summed E-state index contributed by atoms with van der Waals surface area (Å²) in [6.07, 6.45) is 3.26. The van der Waals surface area contributed by atoms with Gasteiger partial charge in [-0.2, -0.15) is 0 Å². The quantitative estimate of drug-likeness (QED) is 0.822. The van der Waals surface area contributed by atoms with Gasteiger partial charge in [-0.1, -0.05) is 0 Å². The van der Waals surface area contributed by atoms with Gasteiger partial charge < -0.3 is 10.6 Å². The molecule has 106 valence electrons. The van der Waals surface area contributed by atoms with Crippen LogP contribution in [0.25, 0.3) is 0 Å². The second kappa shape index (κ2) is 7.59. The largest absolute Gasteiger partial charge is 0.370 e. The van der Waals surface area contributed by atoms with Gasteiger partial charge in [-0.15, -0.1) is 0 Å². The third-order valence-electron chi connectivity index (χ3n) is 2.56. The van der Waals surface area contributed by atoms with E-state index >= 15 is 0 Å². The minimum Gasteiger partial charge on any atom is -0.370 e. The van der Waals surface area contributed by atoms with Gasteiger partial charge in [0.25, 0.3) is 5.91 Å². The highest BCUT2D eigenvalue weighted by Gasteiger charge is 2.14. The summed E-state index contributed by atoms with van der Waals surface area (Å²) < 4.78 is 12.0. The van der Waals surface area contributed by atoms with Crippen LogP contribution < -0.4 is 10.6 Å². The fourth-order valence-electron chi connectivity index (χ4n) is 1.37. The molecule has 2 N–H and O–H groups in total. The van der Waals surface area contributed by atoms with Gasteiger partial charge >= 0.3 is 0 Å². The summed E-state index contributed by atoms with van der Waals surface area (Å²) in [6, 6.07) is 1.72. The van der Waals surface area contributed by atoms with E-state index in [0.717, 1.165) is 4.47 Å². The molecule has 5 nitrogen and oxygen atoms in total. The first-order valence-corrected chi connectivity index (χ1v) is 8.37. The summed E-state index contributed by atoms with van der Waals surface area (Å²) in [7, 11) is -0.952. The Morgan fingerprint density at radius 1 is 1.58 bits per heavy atom. The van der Waals surface area contributed by atoms with Crippen LogP contribution in [0.1, 0.15) is 24.2 Å². The molecule has 2 atom stereocenters. The van der Waals surface area contributed by atoms with Gasteiger partial charge in [0.1, 0.15) is 5.82 Å². The van der Waals surface area contributed by atoms with Crippen molar-refractivity contribution in [2.75, 3.05) is 24.7 Å². The first-order valence-electron chi connectivity index (χ1n) is 5.95. The van der Waals surface area contributed by atoms with Gasteiger partial charge in [-0.05, 0) is 35.8 Å². The summed E-state index contributed by atoms with van der Waals surface area (Å²) >= 11 is 3.30. The summed E-state index contributed by atoms with van der Waals surface area (Å²) in [5.74, 6) is 0.329. The molecule has 1 heterocycles. The van der Waals surface area contributed by atoms with Crippen molar-refractivity contribution in [1.29, 1.82) is 0 Å². The van der Waals surface area contributed by atoms with Crippen LogP contribution in [0.5, 0.6) is 0 Å². The van der Waals surface area contributed by atoms with Crippen LogP contribution in [-0.4, -0.2) is 39.7 Å². The van der Waals surface area contributed by atoms with Crippen molar-refractivity contribution in [3.05, 3.63) is 22.3 Å². The Balaban J connectivity index is 2.80. The highest BCUT2D eigenvalue weighted by Crippen LogP contribution is 2.17. The average Bonchev–Trinajstić information content (AvgIpc) is 2.37. The number of halogens is 1. The molecule has 0 aliphatic rings. The summed E-state index contributed by atoms with van der Waals surface area (Å²) in [4.78, 5) is 16.3. The van der Waals surface area contributed by atoms with E-state index < -0.39 is 10.8 Å². The number of carbonyl (C=O) groups excluding carboxylic acids is 1. The number of aromatic nitrogens is 1. The Morgan fingerprint density at radius 2 is 2.26 bits per heavy atom. The Hall–Kier alpha value is -0.950. The molecular formula is C12H18BrN3O2S. The molecule has 1 aromatic heterocycles. The minimum absolute atomic E-state index is 0.0772. The van der Waals surface area contributed by atoms with E-state index in [1.165, 1.54) is 0 Å². The van der Waals surface area contributed by atoms with E-state index in [2.05, 4.69) is 31.5 Å². The highest BCUT2D eigenvalue weighted by molar-refractivity contribution is 9.10. The molecule has 1 aromatic rings. The van der Waals surface area contributed by atoms with E-state index in [9.17, 15) is 9.00 Å². The number of nitrogens with zero attached hydrogens (tertiary/aromatic N) is 1. The van der Waals surface area contributed by atoms with Crippen LogP contribution >= 0.6 is 15.9 Å². The van der Waals surface area contributed by atoms with Gasteiger partial charge in [0, 0.05) is 46.1 Å². The molecule has 0 radical (unpaired) electrons. The summed E-state index contributed by atoms with van der Waals surface area (Å²) in [6.45, 7) is 4.83. The zero-order valence-corrected chi connectivity index (χ0v) is 13.6. The second-order valence-corrected chi connectivity index (χ2v) is 6.82. The molecule has 1 rings (SSSR count). The molecule has 2 unspecified atom stereocenters. The van der Waals surface area contributed by atoms with E-state index in [1.807, 2.05) is 13.8 Å². The lowest BCUT2D eigenvalue weighted by molar-refractivity contribution is 0.0954. The number of pyridine rings is 1. The lowest BCUT2D eigenvalue weighted by Gasteiger charge is -2.12. The molecule has 7 heteroatoms. The van der Waals surface area contributed by atoms with Crippen LogP contribution in [0.2, 0.25) is 0 Å². The van der Waals surface area contributed by atoms with E-state index in [-0.39, 0.29) is 11.2 Å². The van der Waals surface area contributed by atoms with Crippen molar-refractivity contribution >= 4 is 38.5 Å². The van der Waals surface area contributed by atoms with E-state index in [4.69, 9.17) is 0 Å². The molecule has 0 saturated heterocycles. The molecule has 0 bridgehead atoms. The van der Waals surface area contributed by atoms with Crippen molar-refractivity contribution in [2.45, 2.75) is 19.1 Å². The fraction of sp³-hybridized carbons (Fsp3) is 0.500. The molecular weight excluding hydrogens is 330 g/mol. The molecule has 0 aliphatic carbocycles. The zero-order valence-electron chi connectivity index (χ0n) is 11.2. The van der Waals surface area contributed by atoms with E-state index in [1.54, 1.807) is 18.5 Å². The molecule has 1 amide bonds. The third kappa shape index (κ3) is 4.91. The molecule has 0 aliphatic heterocycles. The highest BCUT2D eigenvalue weighted by atomic mass is 79.9. The Morgan fingerprint density at radius 3 is 2.84 bits per heavy atom. The first-order chi connectivity index (χ1) is 8.95. The average molecular weight is 348 g/mol. The number of hydrogen-bond acceptors (Lipinski definition) is 4. The van der Waals surface area contributed by atoms with Crippen molar-refractivity contribution in [3.8, 4) is 0 Å². The van der Waals surface area contributed by atoms with Crippen LogP contribution in [0.3, 0.4) is 0 Å². The van der Waals surface area contributed by atoms with Crippen molar-refractivity contribution < 1.29 is 9.00 Å². The van der Waals surface area contributed by atoms with Crippen LogP contribution in [-0.2, 0) is 10.8 Å². The maximum atomic E-state index is 12.1. The topological polar surface area (TPSA) is 71.1 Å². The number of nitrogens with one attached hydrogen (secondary N) is 2. The van der Waals surface area contributed by atoms with Gasteiger partial charge in [0.05, 0.1) is 5.56 Å². The predicted molar refractivity (Wildman–Crippen MR) is 82.0 cm³/mol. The number of amides is 1. The van der Waals surface area contributed by atoms with Gasteiger partial charge in [-0.3, -0.25) is 9.00 Å². The lowest BCUT2D eigenvalue weighted by Crippen LogP contribution is -2.33. The number of anilines is 1. The summed E-state index contributed by atoms with van der Waals surface area (Å²) in [5, 5.41) is 5.74. The zero-order chi connectivity index (χ0) is 14.4. The lowest BCUT2D eigenvalue weighted by atomic mass is 10.2. The Labute approximate surface area is 124 Å². The first kappa shape index (κ1) is 16.1. The minimum atomic E-state index is -0.952. The molecule has 0 saturated carbocycles. The van der Waals surface area contributed by atoms with Crippen molar-refractivity contribution in [2.24, 2.45) is 0 Å². The maximum absolute atomic E-state index is 12.1.